The van der Waals surface area contributed by atoms with E-state index in [0.717, 1.165) is 9.91 Å². The van der Waals surface area contributed by atoms with Crippen LogP contribution in [0.25, 0.3) is 0 Å². The summed E-state index contributed by atoms with van der Waals surface area (Å²) in [6, 6.07) is 17.8. The molecule has 3 aromatic carbocycles. The van der Waals surface area contributed by atoms with Crippen molar-refractivity contribution in [3.05, 3.63) is 83.9 Å². The second kappa shape index (κ2) is 10.8. The van der Waals surface area contributed by atoms with Gasteiger partial charge >= 0.3 is 0 Å². The maximum Gasteiger partial charge on any atom is 0.273 e. The van der Waals surface area contributed by atoms with Crippen LogP contribution in [0.3, 0.4) is 0 Å². The Kier molecular flexibility index (Phi) is 7.38. The van der Waals surface area contributed by atoms with Crippen molar-refractivity contribution >= 4 is 29.3 Å². The number of nitrogens with one attached hydrogen (secondary N) is 1. The molecule has 1 unspecified atom stereocenters. The predicted molar refractivity (Wildman–Crippen MR) is 134 cm³/mol. The normalized spacial score (nSPS) is 14.8. The Morgan fingerprint density at radius 3 is 2.24 bits per heavy atom. The lowest BCUT2D eigenvalue weighted by molar-refractivity contribution is -0.122. The van der Waals surface area contributed by atoms with E-state index in [1.54, 1.807) is 60.7 Å². The highest BCUT2D eigenvalue weighted by Crippen LogP contribution is 2.30. The zero-order chi connectivity index (χ0) is 26.5. The molecule has 0 spiro atoms. The minimum atomic E-state index is -1.27. The molecule has 3 aromatic rings. The van der Waals surface area contributed by atoms with Crippen LogP contribution in [0.2, 0.25) is 0 Å². The molecule has 0 bridgehead atoms. The number of carbonyl (C=O) groups excluding carboxylic acids is 4. The average Bonchev–Trinajstić information content (AvgIpc) is 3.24. The minimum absolute atomic E-state index is 0.157. The minimum Gasteiger partial charge on any atom is -0.497 e. The fourth-order valence-corrected chi connectivity index (χ4v) is 3.98. The van der Waals surface area contributed by atoms with Crippen LogP contribution in [-0.2, 0) is 9.59 Å². The van der Waals surface area contributed by atoms with Crippen LogP contribution in [0, 0.1) is 0 Å². The van der Waals surface area contributed by atoms with E-state index in [1.165, 1.54) is 33.5 Å². The van der Waals surface area contributed by atoms with E-state index in [1.807, 2.05) is 0 Å². The Bertz CT molecular complexity index is 1340. The number of methoxy groups -OCH3 is 3. The van der Waals surface area contributed by atoms with Crippen LogP contribution < -0.4 is 24.5 Å². The molecule has 1 N–H and O–H groups in total. The van der Waals surface area contributed by atoms with E-state index in [2.05, 4.69) is 5.43 Å². The van der Waals surface area contributed by atoms with Crippen molar-refractivity contribution in [1.29, 1.82) is 0 Å². The number of amides is 4. The van der Waals surface area contributed by atoms with Crippen LogP contribution in [0.5, 0.6) is 17.2 Å². The third-order valence-corrected chi connectivity index (χ3v) is 5.85. The van der Waals surface area contributed by atoms with Gasteiger partial charge in [0, 0.05) is 17.2 Å². The van der Waals surface area contributed by atoms with Gasteiger partial charge < -0.3 is 14.2 Å². The molecular weight excluding hydrogens is 478 g/mol. The molecule has 190 valence electrons. The summed E-state index contributed by atoms with van der Waals surface area (Å²) in [5.74, 6) is -1.31. The maximum absolute atomic E-state index is 13.5. The first-order chi connectivity index (χ1) is 17.9. The van der Waals surface area contributed by atoms with Crippen molar-refractivity contribution < 1.29 is 33.4 Å². The van der Waals surface area contributed by atoms with E-state index in [-0.39, 0.29) is 17.5 Å². The number of hydrogen-bond acceptors (Lipinski definition) is 7. The second-order valence-corrected chi connectivity index (χ2v) is 8.04. The highest BCUT2D eigenvalue weighted by Gasteiger charge is 2.45. The smallest absolute Gasteiger partial charge is 0.273 e. The highest BCUT2D eigenvalue weighted by molar-refractivity contribution is 6.23. The van der Waals surface area contributed by atoms with Gasteiger partial charge in [-0.15, -0.1) is 0 Å². The van der Waals surface area contributed by atoms with Gasteiger partial charge in [-0.25, -0.2) is 9.91 Å². The van der Waals surface area contributed by atoms with Crippen LogP contribution in [0.4, 0.5) is 5.69 Å². The van der Waals surface area contributed by atoms with Crippen LogP contribution in [0.15, 0.2) is 72.8 Å². The lowest BCUT2D eigenvalue weighted by Gasteiger charge is -2.28. The van der Waals surface area contributed by atoms with Crippen molar-refractivity contribution in [2.24, 2.45) is 0 Å². The van der Waals surface area contributed by atoms with Gasteiger partial charge in [-0.3, -0.25) is 24.6 Å². The first-order valence-corrected chi connectivity index (χ1v) is 11.3. The van der Waals surface area contributed by atoms with Crippen LogP contribution in [-0.4, -0.2) is 56.0 Å². The molecule has 1 aliphatic rings. The molecule has 10 nitrogen and oxygen atoms in total. The maximum atomic E-state index is 13.5. The number of ether oxygens (including phenoxy) is 3. The van der Waals surface area contributed by atoms with E-state index in [0.29, 0.717) is 22.9 Å². The number of benzene rings is 3. The molecule has 1 saturated heterocycles. The van der Waals surface area contributed by atoms with Gasteiger partial charge in [0.1, 0.15) is 11.8 Å². The van der Waals surface area contributed by atoms with Gasteiger partial charge in [-0.2, -0.15) is 0 Å². The lowest BCUT2D eigenvalue weighted by atomic mass is 10.1. The van der Waals surface area contributed by atoms with E-state index in [9.17, 15) is 19.2 Å². The number of anilines is 1. The van der Waals surface area contributed by atoms with Crippen molar-refractivity contribution in [3.8, 4) is 17.2 Å². The highest BCUT2D eigenvalue weighted by atomic mass is 16.5. The third-order valence-electron chi connectivity index (χ3n) is 5.85. The summed E-state index contributed by atoms with van der Waals surface area (Å²) in [6.45, 7) is 0. The Balaban J connectivity index is 1.68. The van der Waals surface area contributed by atoms with Gasteiger partial charge in [0.15, 0.2) is 11.5 Å². The Hall–Kier alpha value is -4.86. The molecule has 37 heavy (non-hydrogen) atoms. The number of nitrogens with zero attached hydrogens (tertiary/aromatic N) is 2. The zero-order valence-electron chi connectivity index (χ0n) is 20.5. The summed E-state index contributed by atoms with van der Waals surface area (Å²) in [5, 5.41) is 0.911. The van der Waals surface area contributed by atoms with Gasteiger partial charge in [-0.05, 0) is 42.5 Å². The van der Waals surface area contributed by atoms with Gasteiger partial charge in [-0.1, -0.05) is 24.3 Å². The largest absolute Gasteiger partial charge is 0.497 e. The van der Waals surface area contributed by atoms with Crippen molar-refractivity contribution in [2.45, 2.75) is 12.5 Å². The molecule has 1 fully saturated rings. The zero-order valence-corrected chi connectivity index (χ0v) is 20.5. The average molecular weight is 504 g/mol. The van der Waals surface area contributed by atoms with Gasteiger partial charge in [0.2, 0.25) is 5.91 Å². The Morgan fingerprint density at radius 1 is 0.838 bits per heavy atom. The van der Waals surface area contributed by atoms with Crippen molar-refractivity contribution in [3.63, 3.8) is 0 Å². The molecular formula is C27H25N3O7. The fraction of sp³-hybridized carbons (Fsp3) is 0.185. The monoisotopic (exact) mass is 503 g/mol. The third kappa shape index (κ3) is 5.08. The number of hydrogen-bond donors (Lipinski definition) is 1. The molecule has 1 atom stereocenters. The summed E-state index contributed by atoms with van der Waals surface area (Å²) >= 11 is 0. The molecule has 0 radical (unpaired) electrons. The molecule has 1 aliphatic heterocycles. The number of rotatable bonds is 7. The molecule has 0 aliphatic carbocycles. The van der Waals surface area contributed by atoms with E-state index >= 15 is 0 Å². The summed E-state index contributed by atoms with van der Waals surface area (Å²) in [4.78, 5) is 54.1. The molecule has 10 heteroatoms. The Morgan fingerprint density at radius 2 is 1.57 bits per heavy atom. The molecule has 0 aromatic heterocycles. The van der Waals surface area contributed by atoms with Gasteiger partial charge in [0.25, 0.3) is 17.7 Å². The summed E-state index contributed by atoms with van der Waals surface area (Å²) in [6.07, 6.45) is -0.319. The van der Waals surface area contributed by atoms with Crippen molar-refractivity contribution in [1.82, 2.24) is 10.4 Å². The molecule has 4 amide bonds. The van der Waals surface area contributed by atoms with Crippen LogP contribution >= 0.6 is 0 Å². The molecule has 1 heterocycles. The van der Waals surface area contributed by atoms with E-state index < -0.39 is 29.7 Å². The lowest BCUT2D eigenvalue weighted by Crippen LogP contribution is -2.54. The molecule has 4 rings (SSSR count). The quantitative estimate of drug-likeness (QED) is 0.390. The van der Waals surface area contributed by atoms with Gasteiger partial charge in [0.05, 0.1) is 33.4 Å². The van der Waals surface area contributed by atoms with E-state index in [4.69, 9.17) is 14.2 Å². The van der Waals surface area contributed by atoms with Crippen molar-refractivity contribution in [2.75, 3.05) is 26.2 Å². The molecule has 0 saturated carbocycles. The first-order valence-electron chi connectivity index (χ1n) is 11.3. The number of carbonyl (C=O) groups is 4. The fourth-order valence-electron chi connectivity index (χ4n) is 3.98. The number of imide groups is 1. The topological polar surface area (TPSA) is 114 Å². The Labute approximate surface area is 213 Å². The predicted octanol–water partition coefficient (Wildman–Crippen LogP) is 2.83. The summed E-state index contributed by atoms with van der Waals surface area (Å²) < 4.78 is 15.7. The van der Waals surface area contributed by atoms with Crippen LogP contribution in [0.1, 0.15) is 27.1 Å². The SMILES string of the molecule is COc1cccc(N2C(=O)CC(N(NC(=O)c3ccc(OC)c(OC)c3)C(=O)c3ccccc3)C2=O)c1. The number of hydrazine groups is 1. The standard InChI is InChI=1S/C27H25N3O7/c1-35-20-11-7-10-19(15-20)29-24(31)16-21(27(29)34)30(26(33)17-8-5-4-6-9-17)28-25(32)18-12-13-22(36-2)23(14-18)37-3/h4-15,21H,16H2,1-3H3,(H,28,32). The first kappa shape index (κ1) is 25.2. The second-order valence-electron chi connectivity index (χ2n) is 8.04. The summed E-state index contributed by atoms with van der Waals surface area (Å²) in [5.41, 5.74) is 3.22. The summed E-state index contributed by atoms with van der Waals surface area (Å²) in [7, 11) is 4.37.